The van der Waals surface area contributed by atoms with Gasteiger partial charge >= 0.3 is 0 Å². The molecule has 3 rings (SSSR count). The van der Waals surface area contributed by atoms with Gasteiger partial charge in [0.15, 0.2) is 0 Å². The van der Waals surface area contributed by atoms with Gasteiger partial charge < -0.3 is 4.90 Å². The summed E-state index contributed by atoms with van der Waals surface area (Å²) in [7, 11) is 0. The Bertz CT molecular complexity index is 466. The molecule has 0 bridgehead atoms. The van der Waals surface area contributed by atoms with Crippen molar-refractivity contribution >= 4 is 17.2 Å². The monoisotopic (exact) mass is 278 g/mol. The Morgan fingerprint density at radius 1 is 1.53 bits per heavy atom. The second kappa shape index (κ2) is 4.60. The van der Waals surface area contributed by atoms with Gasteiger partial charge in [0.05, 0.1) is 5.54 Å². The van der Waals surface area contributed by atoms with E-state index in [4.69, 9.17) is 0 Å². The molecule has 104 valence electrons. The summed E-state index contributed by atoms with van der Waals surface area (Å²) in [5.74, 6) is 1.04. The second-order valence-electron chi connectivity index (χ2n) is 6.23. The quantitative estimate of drug-likeness (QED) is 0.921. The molecule has 1 aliphatic carbocycles. The molecule has 1 saturated carbocycles. The van der Waals surface area contributed by atoms with Gasteiger partial charge in [-0.1, -0.05) is 13.8 Å². The Morgan fingerprint density at radius 2 is 2.26 bits per heavy atom. The highest BCUT2D eigenvalue weighted by atomic mass is 32.1. The Morgan fingerprint density at radius 3 is 2.79 bits per heavy atom. The van der Waals surface area contributed by atoms with E-state index in [1.807, 2.05) is 6.92 Å². The van der Waals surface area contributed by atoms with Gasteiger partial charge in [-0.3, -0.25) is 10.1 Å². The molecule has 1 aromatic heterocycles. The summed E-state index contributed by atoms with van der Waals surface area (Å²) in [6, 6.07) is 2.56. The van der Waals surface area contributed by atoms with Crippen LogP contribution in [0.3, 0.4) is 0 Å². The van der Waals surface area contributed by atoms with Crippen molar-refractivity contribution in [3.8, 4) is 0 Å². The molecule has 3 nitrogen and oxygen atoms in total. The van der Waals surface area contributed by atoms with Crippen molar-refractivity contribution < 1.29 is 4.79 Å². The highest BCUT2D eigenvalue weighted by Crippen LogP contribution is 2.41. The smallest absolute Gasteiger partial charge is 0.244 e. The standard InChI is InChI=1S/C15H22N2OS/c1-4-15(3)14(18)17(12-7-10(2)8-12)13(16-15)11-5-6-19-9-11/h5-6,9-10,12-13,16H,4,7-8H2,1-3H3. The molecule has 2 heterocycles. The van der Waals surface area contributed by atoms with Gasteiger partial charge in [-0.15, -0.1) is 0 Å². The van der Waals surface area contributed by atoms with E-state index in [9.17, 15) is 4.79 Å². The first-order chi connectivity index (χ1) is 9.05. The van der Waals surface area contributed by atoms with Crippen LogP contribution < -0.4 is 5.32 Å². The third-order valence-corrected chi connectivity index (χ3v) is 5.45. The van der Waals surface area contributed by atoms with Crippen molar-refractivity contribution in [2.45, 2.75) is 57.8 Å². The Labute approximate surface area is 119 Å². The average molecular weight is 278 g/mol. The van der Waals surface area contributed by atoms with Gasteiger partial charge in [0.25, 0.3) is 0 Å². The summed E-state index contributed by atoms with van der Waals surface area (Å²) in [5.41, 5.74) is 0.834. The van der Waals surface area contributed by atoms with Crippen LogP contribution in [0.15, 0.2) is 16.8 Å². The molecule has 19 heavy (non-hydrogen) atoms. The number of amides is 1. The summed E-state index contributed by atoms with van der Waals surface area (Å²) in [6.45, 7) is 6.39. The molecule has 1 aliphatic heterocycles. The number of nitrogens with zero attached hydrogens (tertiary/aromatic N) is 1. The highest BCUT2D eigenvalue weighted by Gasteiger charge is 2.51. The van der Waals surface area contributed by atoms with Crippen LogP contribution in [0.1, 0.15) is 51.8 Å². The number of rotatable bonds is 3. The predicted molar refractivity (Wildman–Crippen MR) is 77.9 cm³/mol. The van der Waals surface area contributed by atoms with Crippen molar-refractivity contribution in [2.24, 2.45) is 5.92 Å². The number of thiophene rings is 1. The minimum Gasteiger partial charge on any atom is -0.318 e. The SMILES string of the molecule is CCC1(C)NC(c2ccsc2)N(C2CC(C)C2)C1=O. The summed E-state index contributed by atoms with van der Waals surface area (Å²) in [6.07, 6.45) is 3.20. The number of hydrogen-bond donors (Lipinski definition) is 1. The lowest BCUT2D eigenvalue weighted by atomic mass is 9.80. The van der Waals surface area contributed by atoms with Crippen LogP contribution in [0.25, 0.3) is 0 Å². The van der Waals surface area contributed by atoms with Crippen molar-refractivity contribution in [1.82, 2.24) is 10.2 Å². The molecule has 1 saturated heterocycles. The van der Waals surface area contributed by atoms with Gasteiger partial charge in [-0.05, 0) is 54.5 Å². The lowest BCUT2D eigenvalue weighted by Gasteiger charge is -2.42. The summed E-state index contributed by atoms with van der Waals surface area (Å²) >= 11 is 1.70. The van der Waals surface area contributed by atoms with E-state index >= 15 is 0 Å². The number of hydrogen-bond acceptors (Lipinski definition) is 3. The summed E-state index contributed by atoms with van der Waals surface area (Å²) in [5, 5.41) is 7.81. The van der Waals surface area contributed by atoms with Gasteiger partial charge in [-0.2, -0.15) is 11.3 Å². The van der Waals surface area contributed by atoms with Gasteiger partial charge in [-0.25, -0.2) is 0 Å². The summed E-state index contributed by atoms with van der Waals surface area (Å²) < 4.78 is 0. The first-order valence-electron chi connectivity index (χ1n) is 7.17. The normalized spacial score (nSPS) is 38.6. The third-order valence-electron chi connectivity index (χ3n) is 4.75. The minimum absolute atomic E-state index is 0.0706. The average Bonchev–Trinajstić information content (AvgIpc) is 2.95. The van der Waals surface area contributed by atoms with E-state index in [2.05, 4.69) is 40.9 Å². The zero-order valence-corrected chi connectivity index (χ0v) is 12.7. The van der Waals surface area contributed by atoms with Gasteiger partial charge in [0.2, 0.25) is 5.91 Å². The fourth-order valence-corrected chi connectivity index (χ4v) is 3.91. The van der Waals surface area contributed by atoms with E-state index in [0.29, 0.717) is 6.04 Å². The number of carbonyl (C=O) groups excluding carboxylic acids is 1. The highest BCUT2D eigenvalue weighted by molar-refractivity contribution is 7.07. The molecule has 0 radical (unpaired) electrons. The van der Waals surface area contributed by atoms with Crippen molar-refractivity contribution in [3.63, 3.8) is 0 Å². The third kappa shape index (κ3) is 2.01. The Kier molecular flexibility index (Phi) is 3.18. The lowest BCUT2D eigenvalue weighted by Crippen LogP contribution is -2.48. The molecule has 1 amide bonds. The van der Waals surface area contributed by atoms with Crippen LogP contribution in [-0.2, 0) is 4.79 Å². The molecule has 0 aromatic carbocycles. The molecule has 2 atom stereocenters. The van der Waals surface area contributed by atoms with Crippen LogP contribution in [0.5, 0.6) is 0 Å². The molecule has 2 aliphatic rings. The summed E-state index contributed by atoms with van der Waals surface area (Å²) in [4.78, 5) is 14.9. The first-order valence-corrected chi connectivity index (χ1v) is 8.12. The molecule has 2 unspecified atom stereocenters. The fraction of sp³-hybridized carbons (Fsp3) is 0.667. The molecular formula is C15H22N2OS. The van der Waals surface area contributed by atoms with Crippen LogP contribution >= 0.6 is 11.3 Å². The molecule has 1 aromatic rings. The first kappa shape index (κ1) is 13.1. The van der Waals surface area contributed by atoms with Crippen LogP contribution in [-0.4, -0.2) is 22.4 Å². The zero-order valence-electron chi connectivity index (χ0n) is 11.8. The van der Waals surface area contributed by atoms with E-state index in [1.54, 1.807) is 11.3 Å². The fourth-order valence-electron chi connectivity index (χ4n) is 3.23. The van der Waals surface area contributed by atoms with Crippen molar-refractivity contribution in [3.05, 3.63) is 22.4 Å². The maximum Gasteiger partial charge on any atom is 0.244 e. The van der Waals surface area contributed by atoms with Crippen LogP contribution in [0, 0.1) is 5.92 Å². The topological polar surface area (TPSA) is 32.3 Å². The zero-order chi connectivity index (χ0) is 13.6. The van der Waals surface area contributed by atoms with Crippen LogP contribution in [0.2, 0.25) is 0 Å². The van der Waals surface area contributed by atoms with Crippen molar-refractivity contribution in [1.29, 1.82) is 0 Å². The Balaban J connectivity index is 1.90. The van der Waals surface area contributed by atoms with E-state index < -0.39 is 5.54 Å². The molecule has 2 fully saturated rings. The largest absolute Gasteiger partial charge is 0.318 e. The minimum atomic E-state index is -0.397. The molecular weight excluding hydrogens is 256 g/mol. The Hall–Kier alpha value is -0.870. The van der Waals surface area contributed by atoms with E-state index in [-0.39, 0.29) is 12.1 Å². The molecule has 1 N–H and O–H groups in total. The molecule has 4 heteroatoms. The molecule has 0 spiro atoms. The maximum atomic E-state index is 12.8. The van der Waals surface area contributed by atoms with Crippen LogP contribution in [0.4, 0.5) is 0 Å². The van der Waals surface area contributed by atoms with Crippen molar-refractivity contribution in [2.75, 3.05) is 0 Å². The van der Waals surface area contributed by atoms with E-state index in [1.165, 1.54) is 5.56 Å². The predicted octanol–water partition coefficient (Wildman–Crippen LogP) is 3.15. The maximum absolute atomic E-state index is 12.8. The number of carbonyl (C=O) groups is 1. The van der Waals surface area contributed by atoms with Gasteiger partial charge in [0, 0.05) is 6.04 Å². The van der Waals surface area contributed by atoms with Gasteiger partial charge in [0.1, 0.15) is 6.17 Å². The number of nitrogens with one attached hydrogen (secondary N) is 1. The van der Waals surface area contributed by atoms with E-state index in [0.717, 1.165) is 25.2 Å². The second-order valence-corrected chi connectivity index (χ2v) is 7.01. The lowest BCUT2D eigenvalue weighted by molar-refractivity contribution is -0.137.